The number of aryl methyl sites for hydroxylation is 1. The summed E-state index contributed by atoms with van der Waals surface area (Å²) in [6, 6.07) is 2.48. The molecule has 1 fully saturated rings. The van der Waals surface area contributed by atoms with Gasteiger partial charge in [0, 0.05) is 12.6 Å². The Bertz CT molecular complexity index is 614. The van der Waals surface area contributed by atoms with E-state index in [0.717, 1.165) is 32.1 Å². The Morgan fingerprint density at radius 3 is 2.76 bits per heavy atom. The van der Waals surface area contributed by atoms with Crippen molar-refractivity contribution >= 4 is 15.7 Å². The summed E-state index contributed by atoms with van der Waals surface area (Å²) in [6.45, 7) is 4.19. The Balaban J connectivity index is 2.43. The predicted octanol–water partition coefficient (Wildman–Crippen LogP) is 3.06. The molecule has 0 radical (unpaired) electrons. The first-order valence-corrected chi connectivity index (χ1v) is 8.89. The number of piperidine rings is 1. The van der Waals surface area contributed by atoms with Gasteiger partial charge in [-0.05, 0) is 43.9 Å². The van der Waals surface area contributed by atoms with Crippen LogP contribution in [-0.2, 0) is 10.0 Å². The van der Waals surface area contributed by atoms with Crippen LogP contribution in [0.3, 0.4) is 0 Å². The van der Waals surface area contributed by atoms with Gasteiger partial charge in [-0.25, -0.2) is 12.8 Å². The summed E-state index contributed by atoms with van der Waals surface area (Å²) in [5, 5.41) is 0. The molecule has 0 amide bonds. The van der Waals surface area contributed by atoms with Crippen molar-refractivity contribution in [3.8, 4) is 0 Å². The van der Waals surface area contributed by atoms with Gasteiger partial charge in [0.2, 0.25) is 10.0 Å². The van der Waals surface area contributed by atoms with E-state index < -0.39 is 15.8 Å². The highest BCUT2D eigenvalue weighted by Gasteiger charge is 2.34. The molecule has 0 bridgehead atoms. The number of hydrogen-bond acceptors (Lipinski definition) is 3. The summed E-state index contributed by atoms with van der Waals surface area (Å²) in [4.78, 5) is 0.129. The zero-order valence-corrected chi connectivity index (χ0v) is 13.4. The maximum atomic E-state index is 13.5. The Kier molecular flexibility index (Phi) is 4.88. The van der Waals surface area contributed by atoms with E-state index in [9.17, 15) is 12.8 Å². The minimum Gasteiger partial charge on any atom is -0.396 e. The molecule has 1 saturated heterocycles. The molecule has 1 atom stereocenters. The molecule has 6 heteroatoms. The molecule has 2 rings (SSSR count). The molecule has 2 N–H and O–H groups in total. The second kappa shape index (κ2) is 6.32. The number of rotatable bonds is 4. The normalized spacial score (nSPS) is 20.6. The van der Waals surface area contributed by atoms with Crippen LogP contribution in [0.15, 0.2) is 17.0 Å². The standard InChI is InChI=1S/C15H23FN2O2S/c1-3-6-12-7-4-5-8-18(12)21(19,20)15-10-14(17)13(16)9-11(15)2/h9-10,12H,3-8,17H2,1-2H3. The molecular weight excluding hydrogens is 291 g/mol. The van der Waals surface area contributed by atoms with Gasteiger partial charge < -0.3 is 5.73 Å². The minimum absolute atomic E-state index is 0.0411. The number of nitrogens with two attached hydrogens (primary N) is 1. The predicted molar refractivity (Wildman–Crippen MR) is 82.0 cm³/mol. The van der Waals surface area contributed by atoms with Crippen LogP contribution in [0.2, 0.25) is 0 Å². The van der Waals surface area contributed by atoms with E-state index in [-0.39, 0.29) is 16.6 Å². The molecule has 1 heterocycles. The number of halogens is 1. The van der Waals surface area contributed by atoms with Gasteiger partial charge in [0.1, 0.15) is 5.82 Å². The Hall–Kier alpha value is -1.14. The molecule has 1 aromatic rings. The molecule has 0 aliphatic carbocycles. The van der Waals surface area contributed by atoms with Crippen LogP contribution in [-0.4, -0.2) is 25.3 Å². The average Bonchev–Trinajstić information content (AvgIpc) is 2.43. The highest BCUT2D eigenvalue weighted by molar-refractivity contribution is 7.89. The zero-order chi connectivity index (χ0) is 15.6. The lowest BCUT2D eigenvalue weighted by Gasteiger charge is -2.35. The van der Waals surface area contributed by atoms with Gasteiger partial charge in [-0.3, -0.25) is 0 Å². The minimum atomic E-state index is -3.62. The highest BCUT2D eigenvalue weighted by atomic mass is 32.2. The first kappa shape index (κ1) is 16.2. The van der Waals surface area contributed by atoms with Gasteiger partial charge in [0.25, 0.3) is 0 Å². The lowest BCUT2D eigenvalue weighted by Crippen LogP contribution is -2.43. The van der Waals surface area contributed by atoms with Crippen molar-refractivity contribution < 1.29 is 12.8 Å². The third-order valence-electron chi connectivity index (χ3n) is 4.08. The van der Waals surface area contributed by atoms with E-state index in [0.29, 0.717) is 12.1 Å². The SMILES string of the molecule is CCCC1CCCCN1S(=O)(=O)c1cc(N)c(F)cc1C. The number of hydrogen-bond donors (Lipinski definition) is 1. The smallest absolute Gasteiger partial charge is 0.243 e. The summed E-state index contributed by atoms with van der Waals surface area (Å²) in [5.41, 5.74) is 5.83. The largest absolute Gasteiger partial charge is 0.396 e. The van der Waals surface area contributed by atoms with Crippen LogP contribution in [0.4, 0.5) is 10.1 Å². The van der Waals surface area contributed by atoms with Crippen molar-refractivity contribution in [1.29, 1.82) is 0 Å². The van der Waals surface area contributed by atoms with E-state index in [1.807, 2.05) is 0 Å². The van der Waals surface area contributed by atoms with Gasteiger partial charge in [-0.15, -0.1) is 0 Å². The summed E-state index contributed by atoms with van der Waals surface area (Å²) < 4.78 is 40.8. The van der Waals surface area contributed by atoms with Gasteiger partial charge in [-0.2, -0.15) is 4.31 Å². The molecule has 21 heavy (non-hydrogen) atoms. The van der Waals surface area contributed by atoms with Gasteiger partial charge >= 0.3 is 0 Å². The summed E-state index contributed by atoms with van der Waals surface area (Å²) >= 11 is 0. The quantitative estimate of drug-likeness (QED) is 0.869. The fourth-order valence-corrected chi connectivity index (χ4v) is 4.95. The first-order chi connectivity index (χ1) is 9.87. The summed E-state index contributed by atoms with van der Waals surface area (Å²) in [7, 11) is -3.62. The Morgan fingerprint density at radius 2 is 2.10 bits per heavy atom. The van der Waals surface area contributed by atoms with E-state index >= 15 is 0 Å². The van der Waals surface area contributed by atoms with Gasteiger partial charge in [-0.1, -0.05) is 19.8 Å². The average molecular weight is 314 g/mol. The number of nitrogens with zero attached hydrogens (tertiary/aromatic N) is 1. The monoisotopic (exact) mass is 314 g/mol. The number of anilines is 1. The maximum absolute atomic E-state index is 13.5. The van der Waals surface area contributed by atoms with Crippen LogP contribution in [0.1, 0.15) is 44.6 Å². The molecule has 1 aliphatic heterocycles. The van der Waals surface area contributed by atoms with Gasteiger partial charge in [0.15, 0.2) is 0 Å². The van der Waals surface area contributed by atoms with Crippen molar-refractivity contribution in [2.24, 2.45) is 0 Å². The molecule has 0 saturated carbocycles. The molecular formula is C15H23FN2O2S. The second-order valence-corrected chi connectivity index (χ2v) is 7.55. The van der Waals surface area contributed by atoms with Gasteiger partial charge in [0.05, 0.1) is 10.6 Å². The maximum Gasteiger partial charge on any atom is 0.243 e. The van der Waals surface area contributed by atoms with Crippen LogP contribution in [0.5, 0.6) is 0 Å². The van der Waals surface area contributed by atoms with E-state index in [1.165, 1.54) is 12.1 Å². The van der Waals surface area contributed by atoms with E-state index in [1.54, 1.807) is 11.2 Å². The van der Waals surface area contributed by atoms with Crippen LogP contribution >= 0.6 is 0 Å². The molecule has 1 unspecified atom stereocenters. The molecule has 0 spiro atoms. The topological polar surface area (TPSA) is 63.4 Å². The lowest BCUT2D eigenvalue weighted by atomic mass is 10.0. The lowest BCUT2D eigenvalue weighted by molar-refractivity contribution is 0.239. The molecule has 1 aliphatic rings. The number of benzene rings is 1. The zero-order valence-electron chi connectivity index (χ0n) is 12.6. The van der Waals surface area contributed by atoms with Crippen LogP contribution < -0.4 is 5.73 Å². The third-order valence-corrected chi connectivity index (χ3v) is 6.17. The van der Waals surface area contributed by atoms with Crippen molar-refractivity contribution in [1.82, 2.24) is 4.31 Å². The molecule has 0 aromatic heterocycles. The molecule has 1 aromatic carbocycles. The highest BCUT2D eigenvalue weighted by Crippen LogP contribution is 2.30. The van der Waals surface area contributed by atoms with Crippen molar-refractivity contribution in [3.05, 3.63) is 23.5 Å². The van der Waals surface area contributed by atoms with E-state index in [4.69, 9.17) is 5.73 Å². The number of nitrogen functional groups attached to an aromatic ring is 1. The fraction of sp³-hybridized carbons (Fsp3) is 0.600. The molecule has 4 nitrogen and oxygen atoms in total. The summed E-state index contributed by atoms with van der Waals surface area (Å²) in [6.07, 6.45) is 4.62. The van der Waals surface area contributed by atoms with Crippen molar-refractivity contribution in [2.75, 3.05) is 12.3 Å². The first-order valence-electron chi connectivity index (χ1n) is 7.45. The fourth-order valence-electron chi connectivity index (χ4n) is 2.98. The van der Waals surface area contributed by atoms with Crippen molar-refractivity contribution in [3.63, 3.8) is 0 Å². The third kappa shape index (κ3) is 3.21. The van der Waals surface area contributed by atoms with Crippen LogP contribution in [0, 0.1) is 12.7 Å². The Labute approximate surface area is 126 Å². The Morgan fingerprint density at radius 1 is 1.38 bits per heavy atom. The second-order valence-electron chi connectivity index (χ2n) is 5.69. The van der Waals surface area contributed by atoms with Crippen molar-refractivity contribution in [2.45, 2.75) is 56.9 Å². The molecule has 118 valence electrons. The summed E-state index contributed by atoms with van der Waals surface area (Å²) in [5.74, 6) is -0.574. The van der Waals surface area contributed by atoms with Crippen LogP contribution in [0.25, 0.3) is 0 Å². The van der Waals surface area contributed by atoms with E-state index in [2.05, 4.69) is 6.92 Å². The number of sulfonamides is 1.